The number of fused-ring (bicyclic) bond motifs is 1. The molecule has 11 heteroatoms. The molecule has 0 atom stereocenters. The fourth-order valence-electron chi connectivity index (χ4n) is 4.02. The van der Waals surface area contributed by atoms with E-state index in [4.69, 9.17) is 54.2 Å². The Morgan fingerprint density at radius 3 is 1.51 bits per heavy atom. The number of halogens is 2. The van der Waals surface area contributed by atoms with Gasteiger partial charge in [0.05, 0.1) is 52.8 Å². The van der Waals surface area contributed by atoms with Crippen molar-refractivity contribution in [2.24, 2.45) is 0 Å². The lowest BCUT2D eigenvalue weighted by Crippen LogP contribution is -1.93. The summed E-state index contributed by atoms with van der Waals surface area (Å²) in [5, 5.41) is 0.618. The molecule has 0 aliphatic carbocycles. The summed E-state index contributed by atoms with van der Waals surface area (Å²) in [6.07, 6.45) is 0. The van der Waals surface area contributed by atoms with Gasteiger partial charge in [-0.1, -0.05) is 41.9 Å². The summed E-state index contributed by atoms with van der Waals surface area (Å²) in [7, 11) is 11.3. The van der Waals surface area contributed by atoms with Crippen molar-refractivity contribution in [3.05, 3.63) is 112 Å². The molecular formula is C36H44ClFO9. The van der Waals surface area contributed by atoms with E-state index in [9.17, 15) is 4.39 Å². The van der Waals surface area contributed by atoms with E-state index in [2.05, 4.69) is 0 Å². The molecule has 0 fully saturated rings. The van der Waals surface area contributed by atoms with Gasteiger partial charge in [0.15, 0.2) is 23.1 Å². The second-order valence-corrected chi connectivity index (χ2v) is 10.1. The lowest BCUT2D eigenvalue weighted by atomic mass is 10.2. The number of hydrogen-bond donors (Lipinski definition) is 0. The monoisotopic (exact) mass is 674 g/mol. The molecule has 0 bridgehead atoms. The van der Waals surface area contributed by atoms with E-state index in [0.29, 0.717) is 44.0 Å². The van der Waals surface area contributed by atoms with Gasteiger partial charge in [-0.15, -0.1) is 0 Å². The third-order valence-electron chi connectivity index (χ3n) is 6.27. The summed E-state index contributed by atoms with van der Waals surface area (Å²) in [5.41, 5.74) is 4.11. The number of rotatable bonds is 11. The first-order valence-corrected chi connectivity index (χ1v) is 14.8. The van der Waals surface area contributed by atoms with Gasteiger partial charge in [-0.2, -0.15) is 0 Å². The van der Waals surface area contributed by atoms with Crippen molar-refractivity contribution in [1.29, 1.82) is 0 Å². The highest BCUT2D eigenvalue weighted by Crippen LogP contribution is 2.32. The summed E-state index contributed by atoms with van der Waals surface area (Å²) in [6, 6.07) is 24.0. The van der Waals surface area contributed by atoms with Crippen molar-refractivity contribution in [1.82, 2.24) is 0 Å². The summed E-state index contributed by atoms with van der Waals surface area (Å²) >= 11 is 5.88. The minimum absolute atomic E-state index is 0.259. The first-order valence-electron chi connectivity index (χ1n) is 14.4. The standard InChI is InChI=1S/C9H11ClO2.C9H11FO2.C9H10O3.C9H12O2/c2*1-11-6-7-3-4-9(12-2)8(10)5-7;1-10-5-7-2-3-8-9(4-7)12-6-11-8;1-10-7-8-3-5-9(11-2)6-4-8/h2*3-5H,6H2,1-2H3;2-4H,5-6H2,1H3;3-6H,7H2,1-2H3. The third-order valence-corrected chi connectivity index (χ3v) is 6.57. The first-order chi connectivity index (χ1) is 22.8. The maximum atomic E-state index is 13.0. The Kier molecular flexibility index (Phi) is 18.7. The van der Waals surface area contributed by atoms with Crippen LogP contribution in [-0.2, 0) is 45.4 Å². The van der Waals surface area contributed by atoms with Crippen LogP contribution in [0, 0.1) is 5.82 Å². The fourth-order valence-corrected chi connectivity index (χ4v) is 4.30. The molecule has 256 valence electrons. The molecule has 4 aromatic rings. The lowest BCUT2D eigenvalue weighted by Gasteiger charge is -2.04. The van der Waals surface area contributed by atoms with E-state index in [1.165, 1.54) is 13.2 Å². The Balaban J connectivity index is 0.000000218. The predicted octanol–water partition coefficient (Wildman–Crippen LogP) is 7.88. The molecule has 0 amide bonds. The van der Waals surface area contributed by atoms with E-state index in [0.717, 1.165) is 39.5 Å². The molecule has 4 aromatic carbocycles. The van der Waals surface area contributed by atoms with Crippen molar-refractivity contribution < 1.29 is 47.0 Å². The van der Waals surface area contributed by atoms with Crippen molar-refractivity contribution in [2.75, 3.05) is 56.6 Å². The molecule has 0 radical (unpaired) electrons. The highest BCUT2D eigenvalue weighted by atomic mass is 35.5. The molecule has 47 heavy (non-hydrogen) atoms. The molecule has 0 N–H and O–H groups in total. The Morgan fingerprint density at radius 2 is 1.00 bits per heavy atom. The Morgan fingerprint density at radius 1 is 0.532 bits per heavy atom. The zero-order valence-corrected chi connectivity index (χ0v) is 28.7. The highest BCUT2D eigenvalue weighted by molar-refractivity contribution is 6.32. The van der Waals surface area contributed by atoms with Gasteiger partial charge in [-0.05, 0) is 70.8 Å². The largest absolute Gasteiger partial charge is 0.497 e. The first kappa shape index (κ1) is 39.1. The summed E-state index contributed by atoms with van der Waals surface area (Å²) in [5.74, 6) is 3.10. The SMILES string of the molecule is COCc1ccc(OC)c(Cl)c1.COCc1ccc(OC)c(F)c1.COCc1ccc(OC)cc1.COCc1ccc2c(c1)OCO2. The Hall–Kier alpha value is -4.06. The molecule has 0 saturated carbocycles. The minimum Gasteiger partial charge on any atom is -0.497 e. The van der Waals surface area contributed by atoms with E-state index in [1.807, 2.05) is 60.7 Å². The van der Waals surface area contributed by atoms with Crippen LogP contribution in [0.15, 0.2) is 78.9 Å². The van der Waals surface area contributed by atoms with Crippen LogP contribution in [0.4, 0.5) is 4.39 Å². The third kappa shape index (κ3) is 14.1. The van der Waals surface area contributed by atoms with Crippen molar-refractivity contribution in [2.45, 2.75) is 26.4 Å². The maximum absolute atomic E-state index is 13.0. The van der Waals surface area contributed by atoms with Gasteiger partial charge in [-0.25, -0.2) is 4.39 Å². The zero-order valence-electron chi connectivity index (χ0n) is 28.0. The molecule has 0 spiro atoms. The Labute approximate surface area is 281 Å². The van der Waals surface area contributed by atoms with Gasteiger partial charge in [0.1, 0.15) is 11.5 Å². The average Bonchev–Trinajstić information content (AvgIpc) is 3.55. The van der Waals surface area contributed by atoms with Crippen LogP contribution in [0.25, 0.3) is 0 Å². The second-order valence-electron chi connectivity index (χ2n) is 9.71. The summed E-state index contributed by atoms with van der Waals surface area (Å²) < 4.78 is 57.9. The van der Waals surface area contributed by atoms with Gasteiger partial charge in [0.25, 0.3) is 0 Å². The molecule has 1 aliphatic rings. The Bertz CT molecular complexity index is 1390. The van der Waals surface area contributed by atoms with Crippen LogP contribution < -0.4 is 23.7 Å². The van der Waals surface area contributed by atoms with Gasteiger partial charge >= 0.3 is 0 Å². The molecule has 1 aliphatic heterocycles. The van der Waals surface area contributed by atoms with Crippen LogP contribution >= 0.6 is 11.6 Å². The average molecular weight is 675 g/mol. The highest BCUT2D eigenvalue weighted by Gasteiger charge is 2.12. The molecule has 0 aromatic heterocycles. The lowest BCUT2D eigenvalue weighted by molar-refractivity contribution is 0.173. The zero-order chi connectivity index (χ0) is 34.4. The van der Waals surface area contributed by atoms with Crippen molar-refractivity contribution in [3.8, 4) is 28.7 Å². The smallest absolute Gasteiger partial charge is 0.231 e. The van der Waals surface area contributed by atoms with Crippen LogP contribution in [0.2, 0.25) is 5.02 Å². The number of benzene rings is 4. The maximum Gasteiger partial charge on any atom is 0.231 e. The second kappa shape index (κ2) is 22.5. The van der Waals surface area contributed by atoms with Crippen LogP contribution in [0.1, 0.15) is 22.3 Å². The molecule has 0 unspecified atom stereocenters. The normalized spacial score (nSPS) is 10.7. The van der Waals surface area contributed by atoms with Crippen LogP contribution in [0.5, 0.6) is 28.7 Å². The van der Waals surface area contributed by atoms with E-state index >= 15 is 0 Å². The summed E-state index contributed by atoms with van der Waals surface area (Å²) in [4.78, 5) is 0. The quantitative estimate of drug-likeness (QED) is 0.158. The fraction of sp³-hybridized carbons (Fsp3) is 0.333. The van der Waals surface area contributed by atoms with Crippen molar-refractivity contribution >= 4 is 11.6 Å². The minimum atomic E-state index is -0.355. The molecule has 1 heterocycles. The molecular weight excluding hydrogens is 631 g/mol. The van der Waals surface area contributed by atoms with Gasteiger partial charge in [0, 0.05) is 28.4 Å². The number of hydrogen-bond acceptors (Lipinski definition) is 9. The number of methoxy groups -OCH3 is 7. The van der Waals surface area contributed by atoms with Crippen LogP contribution in [0.3, 0.4) is 0 Å². The van der Waals surface area contributed by atoms with Gasteiger partial charge in [-0.3, -0.25) is 0 Å². The van der Waals surface area contributed by atoms with E-state index < -0.39 is 0 Å². The van der Waals surface area contributed by atoms with Gasteiger partial charge < -0.3 is 42.6 Å². The molecule has 9 nitrogen and oxygen atoms in total. The molecule has 0 saturated heterocycles. The van der Waals surface area contributed by atoms with Gasteiger partial charge in [0.2, 0.25) is 6.79 Å². The summed E-state index contributed by atoms with van der Waals surface area (Å²) in [6.45, 7) is 2.58. The predicted molar refractivity (Wildman–Crippen MR) is 179 cm³/mol. The van der Waals surface area contributed by atoms with E-state index in [1.54, 1.807) is 54.8 Å². The number of ether oxygens (including phenoxy) is 9. The molecule has 5 rings (SSSR count). The van der Waals surface area contributed by atoms with Crippen LogP contribution in [-0.4, -0.2) is 56.6 Å². The van der Waals surface area contributed by atoms with E-state index in [-0.39, 0.29) is 11.6 Å². The topological polar surface area (TPSA) is 83.1 Å². The van der Waals surface area contributed by atoms with Crippen molar-refractivity contribution in [3.63, 3.8) is 0 Å².